The zero-order valence-corrected chi connectivity index (χ0v) is 10.1. The number of alkyl halides is 1. The molecule has 1 N–H and O–H groups in total. The van der Waals surface area contributed by atoms with Gasteiger partial charge in [-0.1, -0.05) is 24.3 Å². The number of fused-ring (bicyclic) bond motifs is 5. The monoisotopic (exact) mass is 254 g/mol. The number of pyridine rings is 1. The highest BCUT2D eigenvalue weighted by atomic mass is 19.1. The SMILES string of the molecule is O=c1cccc2n1CC(F)c1c-2[nH]c2ccccc12. The van der Waals surface area contributed by atoms with Crippen LogP contribution in [0.2, 0.25) is 0 Å². The average molecular weight is 254 g/mol. The third kappa shape index (κ3) is 1.34. The minimum atomic E-state index is -1.15. The van der Waals surface area contributed by atoms with E-state index in [1.165, 1.54) is 10.6 Å². The Hall–Kier alpha value is -2.36. The Labute approximate surface area is 108 Å². The first-order chi connectivity index (χ1) is 9.25. The van der Waals surface area contributed by atoms with Crippen LogP contribution in [0.4, 0.5) is 4.39 Å². The number of rotatable bonds is 0. The van der Waals surface area contributed by atoms with Gasteiger partial charge in [-0.3, -0.25) is 4.79 Å². The van der Waals surface area contributed by atoms with Crippen molar-refractivity contribution in [1.29, 1.82) is 0 Å². The number of hydrogen-bond acceptors (Lipinski definition) is 1. The van der Waals surface area contributed by atoms with Gasteiger partial charge in [-0.2, -0.15) is 0 Å². The highest BCUT2D eigenvalue weighted by Gasteiger charge is 2.28. The molecular formula is C15H11FN2O. The smallest absolute Gasteiger partial charge is 0.251 e. The maximum Gasteiger partial charge on any atom is 0.251 e. The van der Waals surface area contributed by atoms with Crippen molar-refractivity contribution in [1.82, 2.24) is 9.55 Å². The lowest BCUT2D eigenvalue weighted by atomic mass is 10.0. The molecule has 0 fully saturated rings. The van der Waals surface area contributed by atoms with Crippen LogP contribution >= 0.6 is 0 Å². The molecule has 4 rings (SSSR count). The van der Waals surface area contributed by atoms with Crippen LogP contribution in [0.25, 0.3) is 22.3 Å². The van der Waals surface area contributed by atoms with E-state index in [9.17, 15) is 9.18 Å². The number of para-hydroxylation sites is 1. The number of H-pyrrole nitrogens is 1. The fourth-order valence-electron chi connectivity index (χ4n) is 2.87. The van der Waals surface area contributed by atoms with Crippen molar-refractivity contribution in [3.63, 3.8) is 0 Å². The van der Waals surface area contributed by atoms with E-state index in [0.717, 1.165) is 22.3 Å². The molecule has 0 spiro atoms. The number of hydrogen-bond donors (Lipinski definition) is 1. The van der Waals surface area contributed by atoms with Crippen LogP contribution in [0.3, 0.4) is 0 Å². The van der Waals surface area contributed by atoms with Crippen LogP contribution in [0.5, 0.6) is 0 Å². The molecule has 94 valence electrons. The van der Waals surface area contributed by atoms with E-state index in [1.54, 1.807) is 6.07 Å². The molecule has 1 atom stereocenters. The van der Waals surface area contributed by atoms with E-state index in [1.807, 2.05) is 30.3 Å². The Morgan fingerprint density at radius 3 is 2.89 bits per heavy atom. The van der Waals surface area contributed by atoms with E-state index in [4.69, 9.17) is 0 Å². The number of nitrogens with zero attached hydrogens (tertiary/aromatic N) is 1. The summed E-state index contributed by atoms with van der Waals surface area (Å²) in [6.45, 7) is 0.0872. The van der Waals surface area contributed by atoms with E-state index in [0.29, 0.717) is 5.56 Å². The van der Waals surface area contributed by atoms with Gasteiger partial charge >= 0.3 is 0 Å². The van der Waals surface area contributed by atoms with Crippen molar-refractivity contribution in [3.05, 3.63) is 58.4 Å². The van der Waals surface area contributed by atoms with Gasteiger partial charge in [0, 0.05) is 22.5 Å². The van der Waals surface area contributed by atoms with Crippen molar-refractivity contribution in [2.24, 2.45) is 0 Å². The second-order valence-corrected chi connectivity index (χ2v) is 4.79. The predicted molar refractivity (Wildman–Crippen MR) is 71.8 cm³/mol. The van der Waals surface area contributed by atoms with Crippen LogP contribution in [0.1, 0.15) is 11.7 Å². The van der Waals surface area contributed by atoms with Crippen molar-refractivity contribution >= 4 is 10.9 Å². The Bertz CT molecular complexity index is 847. The summed E-state index contributed by atoms with van der Waals surface area (Å²) in [6, 6.07) is 12.7. The largest absolute Gasteiger partial charge is 0.353 e. The van der Waals surface area contributed by atoms with Gasteiger partial charge in [0.15, 0.2) is 0 Å². The molecule has 19 heavy (non-hydrogen) atoms. The third-order valence-electron chi connectivity index (χ3n) is 3.71. The van der Waals surface area contributed by atoms with Crippen molar-refractivity contribution < 1.29 is 4.39 Å². The molecule has 0 saturated carbocycles. The molecule has 0 amide bonds. The first-order valence-electron chi connectivity index (χ1n) is 6.20. The summed E-state index contributed by atoms with van der Waals surface area (Å²) < 4.78 is 15.9. The first-order valence-corrected chi connectivity index (χ1v) is 6.20. The van der Waals surface area contributed by atoms with Gasteiger partial charge in [0.1, 0.15) is 6.17 Å². The zero-order valence-electron chi connectivity index (χ0n) is 10.1. The van der Waals surface area contributed by atoms with Gasteiger partial charge in [0.2, 0.25) is 0 Å². The highest BCUT2D eigenvalue weighted by Crippen LogP contribution is 2.40. The predicted octanol–water partition coefficient (Wildman–Crippen LogP) is 3.02. The van der Waals surface area contributed by atoms with Crippen LogP contribution in [0, 0.1) is 0 Å². The van der Waals surface area contributed by atoms with Crippen molar-refractivity contribution in [2.75, 3.05) is 0 Å². The van der Waals surface area contributed by atoms with Crippen LogP contribution in [0.15, 0.2) is 47.3 Å². The molecule has 0 radical (unpaired) electrons. The number of halogens is 1. The normalized spacial score (nSPS) is 17.2. The second-order valence-electron chi connectivity index (χ2n) is 4.79. The molecule has 1 aliphatic rings. The minimum Gasteiger partial charge on any atom is -0.353 e. The van der Waals surface area contributed by atoms with E-state index in [-0.39, 0.29) is 12.1 Å². The van der Waals surface area contributed by atoms with E-state index in [2.05, 4.69) is 4.98 Å². The Balaban J connectivity index is 2.15. The molecule has 1 aromatic carbocycles. The Morgan fingerprint density at radius 2 is 2.00 bits per heavy atom. The number of nitrogens with one attached hydrogen (secondary N) is 1. The topological polar surface area (TPSA) is 37.8 Å². The van der Waals surface area contributed by atoms with Gasteiger partial charge < -0.3 is 9.55 Å². The molecule has 1 unspecified atom stereocenters. The summed E-state index contributed by atoms with van der Waals surface area (Å²) in [4.78, 5) is 15.0. The number of benzene rings is 1. The Morgan fingerprint density at radius 1 is 1.16 bits per heavy atom. The van der Waals surface area contributed by atoms with Crippen molar-refractivity contribution in [2.45, 2.75) is 12.7 Å². The lowest BCUT2D eigenvalue weighted by Gasteiger charge is -2.21. The quantitative estimate of drug-likeness (QED) is 0.658. The van der Waals surface area contributed by atoms with Crippen molar-refractivity contribution in [3.8, 4) is 11.4 Å². The molecule has 2 aromatic heterocycles. The van der Waals surface area contributed by atoms with Crippen LogP contribution in [-0.4, -0.2) is 9.55 Å². The minimum absolute atomic E-state index is 0.0872. The molecule has 0 bridgehead atoms. The van der Waals surface area contributed by atoms with Gasteiger partial charge in [0.05, 0.1) is 17.9 Å². The first kappa shape index (κ1) is 10.6. The van der Waals surface area contributed by atoms with E-state index < -0.39 is 6.17 Å². The second kappa shape index (κ2) is 3.57. The van der Waals surface area contributed by atoms with Gasteiger partial charge in [0.25, 0.3) is 5.56 Å². The molecule has 3 heterocycles. The fraction of sp³-hybridized carbons (Fsp3) is 0.133. The summed E-state index contributed by atoms with van der Waals surface area (Å²) in [5.41, 5.74) is 2.89. The zero-order chi connectivity index (χ0) is 13.0. The van der Waals surface area contributed by atoms with Gasteiger partial charge in [-0.15, -0.1) is 0 Å². The summed E-state index contributed by atoms with van der Waals surface area (Å²) in [6.07, 6.45) is -1.15. The summed E-state index contributed by atoms with van der Waals surface area (Å²) >= 11 is 0. The summed E-state index contributed by atoms with van der Waals surface area (Å²) in [7, 11) is 0. The molecule has 0 aliphatic carbocycles. The molecule has 3 nitrogen and oxygen atoms in total. The van der Waals surface area contributed by atoms with Gasteiger partial charge in [-0.05, 0) is 12.1 Å². The molecule has 4 heteroatoms. The molecule has 3 aromatic rings. The number of aromatic nitrogens is 2. The molecule has 0 saturated heterocycles. The lowest BCUT2D eigenvalue weighted by Crippen LogP contribution is -2.26. The van der Waals surface area contributed by atoms with Crippen LogP contribution < -0.4 is 5.56 Å². The lowest BCUT2D eigenvalue weighted by molar-refractivity contribution is 0.297. The van der Waals surface area contributed by atoms with Crippen LogP contribution in [-0.2, 0) is 6.54 Å². The highest BCUT2D eigenvalue weighted by molar-refractivity contribution is 5.91. The Kier molecular flexibility index (Phi) is 1.98. The van der Waals surface area contributed by atoms with E-state index >= 15 is 0 Å². The molecule has 1 aliphatic heterocycles. The maximum atomic E-state index is 14.4. The summed E-state index contributed by atoms with van der Waals surface area (Å²) in [5, 5.41) is 0.896. The van der Waals surface area contributed by atoms with Gasteiger partial charge in [-0.25, -0.2) is 4.39 Å². The number of aromatic amines is 1. The maximum absolute atomic E-state index is 14.4. The standard InChI is InChI=1S/C15H11FN2O/c16-10-8-18-12(6-3-7-13(18)19)15-14(10)9-4-1-2-5-11(9)17-15/h1-7,10,17H,8H2. The average Bonchev–Trinajstić information content (AvgIpc) is 2.80. The third-order valence-corrected chi connectivity index (χ3v) is 3.71. The molecular weight excluding hydrogens is 243 g/mol. The fourth-order valence-corrected chi connectivity index (χ4v) is 2.87. The summed E-state index contributed by atoms with van der Waals surface area (Å²) in [5.74, 6) is 0.